The van der Waals surface area contributed by atoms with Crippen LogP contribution in [0.4, 0.5) is 0 Å². The number of Topliss-reactive ketones (excluding diaryl/α,β-unsaturated/α-hetero) is 6. The zero-order valence-corrected chi connectivity index (χ0v) is 76.7. The molecule has 6 aromatic carbocycles. The monoisotopic (exact) mass is 1980 g/mol. The van der Waals surface area contributed by atoms with Gasteiger partial charge < -0.3 is 82.5 Å². The Labute approximate surface area is 738 Å². The predicted octanol–water partition coefficient (Wildman–Crippen LogP) is 1.86. The molecule has 0 amide bonds. The zero-order valence-electron chi connectivity index (χ0n) is 70.4. The molecule has 52 nitrogen and oxygen atoms in total. The minimum absolute atomic E-state index is 0. The maximum Gasteiger partial charge on any atom is 0.524 e. The molecule has 728 valence electrons. The molecule has 6 rings (SSSR count). The van der Waals surface area contributed by atoms with Crippen LogP contribution >= 0.6 is 54.5 Å². The molecule has 0 unspecified atom stereocenters. The topological polar surface area (TPSA) is 908 Å². The highest BCUT2D eigenvalue weighted by Crippen LogP contribution is 2.49. The van der Waals surface area contributed by atoms with Gasteiger partial charge in [0, 0.05) is 5.56 Å². The van der Waals surface area contributed by atoms with Gasteiger partial charge in [0.15, 0.2) is 92.2 Å². The first-order chi connectivity index (χ1) is 58.1. The fraction of sp³-hybridized carbons (Fsp3) is 0.400. The molecule has 0 aliphatic carbocycles. The van der Waals surface area contributed by atoms with E-state index in [1.165, 1.54) is 127 Å². The third kappa shape index (κ3) is 44.6. The minimum Gasteiger partial charge on any atom is -0.508 e. The average Bonchev–Trinajstić information content (AvgIpc) is 0.770. The highest BCUT2D eigenvalue weighted by Gasteiger charge is 2.36. The van der Waals surface area contributed by atoms with Crippen LogP contribution in [0.5, 0.6) is 63.2 Å². The summed E-state index contributed by atoms with van der Waals surface area (Å²) in [6.07, 6.45) is 0.576. The Morgan fingerprint density at radius 3 is 0.783 bits per heavy atom. The van der Waals surface area contributed by atoms with Gasteiger partial charge in [-0.25, -0.2) is 69.0 Å². The highest BCUT2D eigenvalue weighted by molar-refractivity contribution is 7.51. The maximum absolute atomic E-state index is 11.6. The van der Waals surface area contributed by atoms with Crippen LogP contribution < -0.4 is 95.2 Å². The summed E-state index contributed by atoms with van der Waals surface area (Å²) in [5, 5.41) is 48.4. The molecule has 129 heavy (non-hydrogen) atoms. The molecule has 0 aliphatic rings. The van der Waals surface area contributed by atoms with Crippen molar-refractivity contribution in [1.29, 1.82) is 0 Å². The zero-order chi connectivity index (χ0) is 99.3. The summed E-state index contributed by atoms with van der Waals surface area (Å²) in [5.74, 6) is 27.6. The Hall–Kier alpha value is -8.37. The Morgan fingerprint density at radius 1 is 0.287 bits per heavy atom. The van der Waals surface area contributed by atoms with Crippen molar-refractivity contribution < 1.29 is 191 Å². The van der Waals surface area contributed by atoms with Crippen molar-refractivity contribution in [2.75, 3.05) is 13.6 Å². The van der Waals surface area contributed by atoms with E-state index in [4.69, 9.17) is 113 Å². The van der Waals surface area contributed by atoms with Gasteiger partial charge in [-0.1, -0.05) is 49.9 Å². The van der Waals surface area contributed by atoms with E-state index in [9.17, 15) is 86.3 Å². The van der Waals surface area contributed by atoms with Gasteiger partial charge in [-0.15, -0.1) is 0 Å². The van der Waals surface area contributed by atoms with Crippen molar-refractivity contribution >= 4 is 89.2 Å². The molecule has 37 N–H and O–H groups in total. The second kappa shape index (κ2) is 50.5. The van der Waals surface area contributed by atoms with E-state index < -0.39 is 131 Å². The number of phenolic OH excluding ortho intramolecular Hbond substituents is 5. The molecule has 0 aromatic heterocycles. The lowest BCUT2D eigenvalue weighted by Gasteiger charge is -2.26. The Bertz CT molecular complexity index is 5080. The normalized spacial score (nSPS) is 14.5. The number of hydrogen-bond donors (Lipinski definition) is 31. The van der Waals surface area contributed by atoms with Crippen LogP contribution in [-0.4, -0.2) is 176 Å². The van der Waals surface area contributed by atoms with Crippen LogP contribution in [0.2, 0.25) is 0 Å². The Morgan fingerprint density at radius 2 is 0.512 bits per heavy atom. The van der Waals surface area contributed by atoms with Gasteiger partial charge in [0.05, 0.1) is 39.4 Å². The smallest absolute Gasteiger partial charge is 0.508 e. The number of hydrogen-bond acceptors (Lipinski definition) is 38. The Balaban J connectivity index is 0.00000152. The van der Waals surface area contributed by atoms with Crippen molar-refractivity contribution in [3.8, 4) is 63.2 Å². The number of nitrogens with two attached hydrogens (primary N) is 6. The van der Waals surface area contributed by atoms with Gasteiger partial charge in [-0.05, 0) is 222 Å². The fourth-order valence-electron chi connectivity index (χ4n) is 9.90. The highest BCUT2D eigenvalue weighted by atomic mass is 31.2. The van der Waals surface area contributed by atoms with Crippen LogP contribution in [-0.2, 0) is 114 Å². The number of hydrazine groups is 6. The molecule has 0 bridgehead atoms. The standard InChI is InChI=1S/2C12H19N2O7P.C12H19N2O5P.C11H18N2O9P2.2C11H17N2O6P.CH4/c1-8(15)12(2,14-13)6-9-3-4-11(10(16)5-9)20-7-21-22(17,18)19;1-8(15)12(2,14-13)6-9-3-4-10(16)11(5-9)20-7-21-22(17,18)19;1-8(15)12(2,14-13)6-9-3-4-10(11(16)5-9)7-20(17,18)19;1-7(14)11(2,13-12)6-8-3-4-9(21-23(15,16)17)10(5-8)22-24(18,19)20;1-7(14)11(2,13-12)6-8-3-4-10(9(15)5-8)19-20(16,17)18;1-7(14)11(2,13-12)6-8-3-4-9(15)10(5-8)19-20(16,17)18;/h2*3-5,14,16H,6-7,13H2,1-2H3,(H2,17,18,19);3-5,14,16H,6-7,13H2,1-2H3,(H2,17,18,19);3-5,13H,6,12H2,1-2H3,(H2,15,16,17)(H2,18,19,20);2*3-5,13,15H,6,12H2,1-2H3,(H2,16,17,18);1H4/t3*12-;3*11-;/m000000./s1. The van der Waals surface area contributed by atoms with E-state index in [0.717, 1.165) is 12.1 Å². The third-order valence-electron chi connectivity index (χ3n) is 18.3. The largest absolute Gasteiger partial charge is 0.524 e. The first-order valence-corrected chi connectivity index (χ1v) is 46.9. The number of carbonyl (C=O) groups excluding carboxylic acids is 6. The number of aromatic hydroxyl groups is 5. The van der Waals surface area contributed by atoms with Crippen LogP contribution in [0.3, 0.4) is 0 Å². The molecular weight excluding hydrogens is 1870 g/mol. The van der Waals surface area contributed by atoms with Gasteiger partial charge in [0.1, 0.15) is 5.75 Å². The van der Waals surface area contributed by atoms with E-state index in [2.05, 4.69) is 59.7 Å². The van der Waals surface area contributed by atoms with Crippen molar-refractivity contribution in [2.24, 2.45) is 35.1 Å². The SMILES string of the molecule is C.CC(=O)[C@](C)(Cc1ccc(CP(=O)(O)O)c(O)c1)NN.CC(=O)[C@](C)(Cc1ccc(O)c(OCOP(=O)(O)O)c1)NN.CC(=O)[C@](C)(Cc1ccc(O)c(OP(=O)(O)O)c1)NN.CC(=O)[C@](C)(Cc1ccc(OCOP(=O)(O)O)c(O)c1)NN.CC(=O)[C@](C)(Cc1ccc(OP(=O)(O)O)c(O)c1)NN.CC(=O)[C@](C)(Cc1ccc(OP(=O)(O)O)c(OP(=O)(O)O)c1)NN. The predicted molar refractivity (Wildman–Crippen MR) is 458 cm³/mol. The summed E-state index contributed by atoms with van der Waals surface area (Å²) < 4.78 is 111. The lowest BCUT2D eigenvalue weighted by molar-refractivity contribution is -0.123. The number of rotatable bonds is 42. The summed E-state index contributed by atoms with van der Waals surface area (Å²) in [7, 11) is -33.0. The Kier molecular flexibility index (Phi) is 47.2. The van der Waals surface area contributed by atoms with E-state index >= 15 is 0 Å². The van der Waals surface area contributed by atoms with E-state index in [-0.39, 0.29) is 126 Å². The van der Waals surface area contributed by atoms with Crippen LogP contribution in [0.15, 0.2) is 109 Å². The molecule has 0 fully saturated rings. The maximum atomic E-state index is 11.6. The molecule has 0 heterocycles. The number of phosphoric acid groups is 6. The van der Waals surface area contributed by atoms with Gasteiger partial charge in [-0.2, -0.15) is 0 Å². The van der Waals surface area contributed by atoms with Crippen molar-refractivity contribution in [2.45, 2.75) is 168 Å². The third-order valence-corrected chi connectivity index (χ3v) is 21.7. The fourth-order valence-corrected chi connectivity index (χ4v) is 12.6. The lowest BCUT2D eigenvalue weighted by atomic mass is 9.89. The van der Waals surface area contributed by atoms with E-state index in [1.54, 1.807) is 52.8 Å². The van der Waals surface area contributed by atoms with Crippen LogP contribution in [0.1, 0.15) is 129 Å². The summed E-state index contributed by atoms with van der Waals surface area (Å²) in [6, 6.07) is 24.5. The summed E-state index contributed by atoms with van der Waals surface area (Å²) >= 11 is 0. The van der Waals surface area contributed by atoms with Crippen LogP contribution in [0.25, 0.3) is 0 Å². The quantitative estimate of drug-likeness (QED) is 0.0113. The van der Waals surface area contributed by atoms with Crippen molar-refractivity contribution in [3.05, 3.63) is 148 Å². The number of carbonyl (C=O) groups is 6. The number of benzene rings is 6. The number of phenols is 5. The average molecular weight is 1980 g/mol. The van der Waals surface area contributed by atoms with E-state index in [1.807, 2.05) is 0 Å². The van der Waals surface area contributed by atoms with E-state index in [0.29, 0.717) is 33.4 Å². The second-order valence-electron chi connectivity index (χ2n) is 29.1. The molecular formula is C70H113N12O40P7. The van der Waals surface area contributed by atoms with Crippen molar-refractivity contribution in [1.82, 2.24) is 32.6 Å². The number of phosphoric ester groups is 6. The molecule has 6 atom stereocenters. The van der Waals surface area contributed by atoms with Gasteiger partial charge >= 0.3 is 54.5 Å². The summed E-state index contributed by atoms with van der Waals surface area (Å²) in [4.78, 5) is 192. The first-order valence-electron chi connectivity index (χ1n) is 36.0. The summed E-state index contributed by atoms with van der Waals surface area (Å²) in [6.45, 7) is 16.4. The number of nitrogens with one attached hydrogen (secondary N) is 6. The van der Waals surface area contributed by atoms with Gasteiger partial charge in [0.2, 0.25) is 13.6 Å². The number of ketones is 6. The van der Waals surface area contributed by atoms with Gasteiger partial charge in [-0.3, -0.25) is 108 Å². The molecule has 0 saturated carbocycles. The first kappa shape index (κ1) is 121. The van der Waals surface area contributed by atoms with Gasteiger partial charge in [0.25, 0.3) is 0 Å². The molecule has 0 aliphatic heterocycles. The van der Waals surface area contributed by atoms with Crippen LogP contribution in [0, 0.1) is 0 Å². The molecule has 6 aromatic rings. The number of ether oxygens (including phenoxy) is 2. The lowest BCUT2D eigenvalue weighted by Crippen LogP contribution is -2.53. The molecule has 59 heteroatoms. The van der Waals surface area contributed by atoms with Crippen molar-refractivity contribution in [3.63, 3.8) is 0 Å². The summed E-state index contributed by atoms with van der Waals surface area (Å²) in [5.41, 5.74) is 11.8. The minimum atomic E-state index is -5.02. The second-order valence-corrected chi connectivity index (χ2v) is 37.9. The molecule has 0 spiro atoms. The molecule has 0 saturated heterocycles. The molecule has 0 radical (unpaired) electrons.